The van der Waals surface area contributed by atoms with Crippen molar-refractivity contribution >= 4 is 22.6 Å². The van der Waals surface area contributed by atoms with Gasteiger partial charge in [-0.15, -0.1) is 0 Å². The van der Waals surface area contributed by atoms with Gasteiger partial charge in [-0.1, -0.05) is 6.92 Å². The first kappa shape index (κ1) is 15.5. The monoisotopic (exact) mass is 300 g/mol. The highest BCUT2D eigenvalue weighted by Gasteiger charge is 2.55. The zero-order valence-electron chi connectivity index (χ0n) is 12.6. The molecule has 1 aliphatic carbocycles. The molecule has 2 aliphatic rings. The Labute approximate surface area is 122 Å². The molecule has 1 saturated heterocycles. The van der Waals surface area contributed by atoms with Gasteiger partial charge in [0.2, 0.25) is 11.8 Å². The van der Waals surface area contributed by atoms with E-state index >= 15 is 0 Å². The van der Waals surface area contributed by atoms with Crippen molar-refractivity contribution in [2.45, 2.75) is 56.9 Å². The molecule has 0 aromatic heterocycles. The Balaban J connectivity index is 2.25. The molecule has 1 N–H and O–H groups in total. The van der Waals surface area contributed by atoms with Gasteiger partial charge in [0.15, 0.2) is 0 Å². The highest BCUT2D eigenvalue weighted by Crippen LogP contribution is 2.42. The van der Waals surface area contributed by atoms with Crippen LogP contribution in [0, 0.1) is 5.92 Å². The van der Waals surface area contributed by atoms with Crippen LogP contribution < -0.4 is 5.32 Å². The molecule has 20 heavy (non-hydrogen) atoms. The van der Waals surface area contributed by atoms with Crippen LogP contribution in [0.15, 0.2) is 0 Å². The lowest BCUT2D eigenvalue weighted by Gasteiger charge is -2.45. The van der Waals surface area contributed by atoms with Crippen molar-refractivity contribution in [2.24, 2.45) is 5.92 Å². The molecule has 4 unspecified atom stereocenters. The van der Waals surface area contributed by atoms with E-state index in [2.05, 4.69) is 5.32 Å². The van der Waals surface area contributed by atoms with E-state index in [9.17, 15) is 13.8 Å². The Morgan fingerprint density at radius 1 is 1.45 bits per heavy atom. The molecule has 5 nitrogen and oxygen atoms in total. The molecule has 0 spiro atoms. The SMILES string of the molecule is CCC1C(=O)NC(C)(C2CC2)C(=O)N1CC(C)S(C)=O. The van der Waals surface area contributed by atoms with Gasteiger partial charge in [-0.2, -0.15) is 0 Å². The van der Waals surface area contributed by atoms with E-state index in [1.165, 1.54) is 0 Å². The summed E-state index contributed by atoms with van der Waals surface area (Å²) in [4.78, 5) is 26.8. The lowest BCUT2D eigenvalue weighted by atomic mass is 9.88. The molecule has 2 fully saturated rings. The van der Waals surface area contributed by atoms with Crippen LogP contribution in [0.1, 0.15) is 40.0 Å². The molecule has 6 heteroatoms. The van der Waals surface area contributed by atoms with Gasteiger partial charge in [-0.05, 0) is 39.0 Å². The quantitative estimate of drug-likeness (QED) is 0.811. The van der Waals surface area contributed by atoms with Gasteiger partial charge < -0.3 is 10.2 Å². The maximum absolute atomic E-state index is 12.8. The van der Waals surface area contributed by atoms with Crippen LogP contribution in [0.25, 0.3) is 0 Å². The molecule has 2 rings (SSSR count). The van der Waals surface area contributed by atoms with Gasteiger partial charge in [0, 0.05) is 28.9 Å². The number of amides is 2. The molecule has 1 saturated carbocycles. The fraction of sp³-hybridized carbons (Fsp3) is 0.857. The van der Waals surface area contributed by atoms with E-state index in [1.807, 2.05) is 20.8 Å². The number of hydrogen-bond donors (Lipinski definition) is 1. The van der Waals surface area contributed by atoms with Crippen LogP contribution in [0.5, 0.6) is 0 Å². The summed E-state index contributed by atoms with van der Waals surface area (Å²) in [5.74, 6) is 0.168. The van der Waals surface area contributed by atoms with Crippen molar-refractivity contribution in [2.75, 3.05) is 12.8 Å². The lowest BCUT2D eigenvalue weighted by Crippen LogP contribution is -2.70. The van der Waals surface area contributed by atoms with Gasteiger partial charge in [0.1, 0.15) is 11.6 Å². The van der Waals surface area contributed by atoms with Crippen molar-refractivity contribution in [1.29, 1.82) is 0 Å². The predicted molar refractivity (Wildman–Crippen MR) is 78.6 cm³/mol. The van der Waals surface area contributed by atoms with Crippen molar-refractivity contribution in [1.82, 2.24) is 10.2 Å². The van der Waals surface area contributed by atoms with E-state index in [1.54, 1.807) is 11.2 Å². The fourth-order valence-electron chi connectivity index (χ4n) is 2.91. The van der Waals surface area contributed by atoms with Gasteiger partial charge in [0.05, 0.1) is 0 Å². The van der Waals surface area contributed by atoms with Crippen LogP contribution in [-0.2, 0) is 20.4 Å². The van der Waals surface area contributed by atoms with Gasteiger partial charge in [-0.3, -0.25) is 13.8 Å². The molecule has 0 radical (unpaired) electrons. The third-order valence-corrected chi connectivity index (χ3v) is 5.85. The number of rotatable bonds is 5. The second kappa shape index (κ2) is 5.47. The minimum absolute atomic E-state index is 0.0104. The fourth-order valence-corrected chi connectivity index (χ4v) is 3.28. The zero-order chi connectivity index (χ0) is 15.1. The highest BCUT2D eigenvalue weighted by atomic mass is 32.2. The number of carbonyl (C=O) groups is 2. The first-order valence-corrected chi connectivity index (χ1v) is 8.88. The van der Waals surface area contributed by atoms with Crippen LogP contribution in [-0.4, -0.2) is 50.6 Å². The normalized spacial score (nSPS) is 33.8. The Bertz CT molecular complexity index is 450. The second-order valence-corrected chi connectivity index (χ2v) is 7.96. The maximum Gasteiger partial charge on any atom is 0.249 e. The van der Waals surface area contributed by atoms with E-state index in [0.717, 1.165) is 12.8 Å². The smallest absolute Gasteiger partial charge is 0.249 e. The van der Waals surface area contributed by atoms with E-state index < -0.39 is 22.4 Å². The van der Waals surface area contributed by atoms with E-state index in [4.69, 9.17) is 0 Å². The standard InChI is InChI=1S/C14H24N2O3S/c1-5-11-12(17)15-14(3,10-6-7-10)13(18)16(11)8-9(2)20(4)19/h9-11H,5-8H2,1-4H3,(H,15,17). The number of hydrogen-bond acceptors (Lipinski definition) is 3. The second-order valence-electron chi connectivity index (χ2n) is 6.16. The van der Waals surface area contributed by atoms with Crippen molar-refractivity contribution < 1.29 is 13.8 Å². The van der Waals surface area contributed by atoms with E-state index in [-0.39, 0.29) is 23.0 Å². The summed E-state index contributed by atoms with van der Waals surface area (Å²) in [6.45, 7) is 5.97. The average Bonchev–Trinajstić information content (AvgIpc) is 3.20. The van der Waals surface area contributed by atoms with Crippen LogP contribution in [0.4, 0.5) is 0 Å². The number of nitrogens with zero attached hydrogens (tertiary/aromatic N) is 1. The Morgan fingerprint density at radius 3 is 2.50 bits per heavy atom. The minimum Gasteiger partial charge on any atom is -0.340 e. The predicted octanol–water partition coefficient (Wildman–Crippen LogP) is 0.659. The molecule has 1 aliphatic heterocycles. The maximum atomic E-state index is 12.8. The highest BCUT2D eigenvalue weighted by molar-refractivity contribution is 7.84. The van der Waals surface area contributed by atoms with Crippen LogP contribution >= 0.6 is 0 Å². The van der Waals surface area contributed by atoms with Crippen molar-refractivity contribution in [3.63, 3.8) is 0 Å². The van der Waals surface area contributed by atoms with Gasteiger partial charge in [0.25, 0.3) is 0 Å². The summed E-state index contributed by atoms with van der Waals surface area (Å²) in [7, 11) is -1.00. The summed E-state index contributed by atoms with van der Waals surface area (Å²) in [6, 6.07) is -0.430. The Morgan fingerprint density at radius 2 is 2.05 bits per heavy atom. The minimum atomic E-state index is -1.00. The first-order valence-electron chi connectivity index (χ1n) is 7.26. The third kappa shape index (κ3) is 2.62. The summed E-state index contributed by atoms with van der Waals surface area (Å²) in [6.07, 6.45) is 4.20. The Kier molecular flexibility index (Phi) is 4.23. The molecule has 114 valence electrons. The molecular weight excluding hydrogens is 276 g/mol. The zero-order valence-corrected chi connectivity index (χ0v) is 13.5. The summed E-state index contributed by atoms with van der Waals surface area (Å²) < 4.78 is 11.6. The summed E-state index contributed by atoms with van der Waals surface area (Å²) >= 11 is 0. The average molecular weight is 300 g/mol. The molecular formula is C14H24N2O3S. The largest absolute Gasteiger partial charge is 0.340 e. The van der Waals surface area contributed by atoms with Crippen LogP contribution in [0.3, 0.4) is 0 Å². The van der Waals surface area contributed by atoms with Crippen molar-refractivity contribution in [3.8, 4) is 0 Å². The molecule has 0 aromatic rings. The number of piperazine rings is 1. The molecule has 0 bridgehead atoms. The molecule has 1 heterocycles. The third-order valence-electron chi connectivity index (χ3n) is 4.57. The Hall–Kier alpha value is -0.910. The van der Waals surface area contributed by atoms with Crippen LogP contribution in [0.2, 0.25) is 0 Å². The topological polar surface area (TPSA) is 66.5 Å². The molecule has 0 aromatic carbocycles. The molecule has 2 amide bonds. The summed E-state index contributed by atoms with van der Waals surface area (Å²) in [5, 5.41) is 2.81. The van der Waals surface area contributed by atoms with Gasteiger partial charge >= 0.3 is 0 Å². The number of carbonyl (C=O) groups excluding carboxylic acids is 2. The van der Waals surface area contributed by atoms with Gasteiger partial charge in [-0.25, -0.2) is 0 Å². The molecule has 4 atom stereocenters. The van der Waals surface area contributed by atoms with E-state index in [0.29, 0.717) is 13.0 Å². The van der Waals surface area contributed by atoms with Crippen molar-refractivity contribution in [3.05, 3.63) is 0 Å². The first-order chi connectivity index (χ1) is 9.31. The number of nitrogens with one attached hydrogen (secondary N) is 1. The summed E-state index contributed by atoms with van der Waals surface area (Å²) in [5.41, 5.74) is -0.766. The lowest BCUT2D eigenvalue weighted by molar-refractivity contribution is -0.155.